The van der Waals surface area contributed by atoms with Crippen molar-refractivity contribution < 1.29 is 14.7 Å². The summed E-state index contributed by atoms with van der Waals surface area (Å²) in [6.45, 7) is 0. The van der Waals surface area contributed by atoms with E-state index < -0.39 is 5.97 Å². The Kier molecular flexibility index (Phi) is 3.48. The van der Waals surface area contributed by atoms with Crippen molar-refractivity contribution in [3.63, 3.8) is 0 Å². The first-order valence-electron chi connectivity index (χ1n) is 5.24. The van der Waals surface area contributed by atoms with Gasteiger partial charge in [-0.25, -0.2) is 4.79 Å². The summed E-state index contributed by atoms with van der Waals surface area (Å²) < 4.78 is 0. The van der Waals surface area contributed by atoms with E-state index in [-0.39, 0.29) is 17.4 Å². The van der Waals surface area contributed by atoms with Crippen LogP contribution >= 0.6 is 11.6 Å². The lowest BCUT2D eigenvalue weighted by Gasteiger charge is -2.09. The number of carboxylic acids is 1. The van der Waals surface area contributed by atoms with Gasteiger partial charge in [0, 0.05) is 11.1 Å². The fourth-order valence-corrected chi connectivity index (χ4v) is 1.87. The van der Waals surface area contributed by atoms with Crippen LogP contribution in [0.2, 0.25) is 0 Å². The predicted molar refractivity (Wildman–Crippen MR) is 70.3 cm³/mol. The number of hydrogen-bond donors (Lipinski definition) is 2. The van der Waals surface area contributed by atoms with E-state index in [9.17, 15) is 9.59 Å². The number of nitrogens with one attached hydrogen (secondary N) is 1. The highest BCUT2D eigenvalue weighted by Crippen LogP contribution is 2.27. The summed E-state index contributed by atoms with van der Waals surface area (Å²) in [5, 5.41) is 13.0. The molecule has 0 atom stereocenters. The Morgan fingerprint density at radius 1 is 1.17 bits per heavy atom. The van der Waals surface area contributed by atoms with Crippen LogP contribution in [0.5, 0.6) is 0 Å². The van der Waals surface area contributed by atoms with Crippen LogP contribution in [0.1, 0.15) is 10.4 Å². The second-order valence-corrected chi connectivity index (χ2v) is 3.96. The van der Waals surface area contributed by atoms with Crippen molar-refractivity contribution >= 4 is 39.9 Å². The maximum Gasteiger partial charge on any atom is 0.336 e. The Bertz CT molecular complexity index is 619. The maximum atomic E-state index is 11.3. The van der Waals surface area contributed by atoms with Gasteiger partial charge in [0.15, 0.2) is 0 Å². The lowest BCUT2D eigenvalue weighted by atomic mass is 10.0. The number of anilines is 1. The fraction of sp³-hybridized carbons (Fsp3) is 0.0769. The normalized spacial score (nSPS) is 10.3. The molecule has 1 amide bonds. The average molecular weight is 264 g/mol. The maximum absolute atomic E-state index is 11.3. The molecule has 92 valence electrons. The van der Waals surface area contributed by atoms with Crippen LogP contribution in [0.4, 0.5) is 5.69 Å². The molecule has 18 heavy (non-hydrogen) atoms. The van der Waals surface area contributed by atoms with Crippen molar-refractivity contribution in [3.8, 4) is 0 Å². The summed E-state index contributed by atoms with van der Waals surface area (Å²) in [5.41, 5.74) is 0.606. The molecule has 4 nitrogen and oxygen atoms in total. The molecule has 0 saturated heterocycles. The summed E-state index contributed by atoms with van der Waals surface area (Å²) in [5.74, 6) is -1.58. The van der Waals surface area contributed by atoms with Crippen molar-refractivity contribution in [3.05, 3.63) is 42.0 Å². The molecule has 2 aromatic rings. The van der Waals surface area contributed by atoms with Gasteiger partial charge in [0.05, 0.1) is 5.56 Å². The highest BCUT2D eigenvalue weighted by molar-refractivity contribution is 6.29. The van der Waals surface area contributed by atoms with Gasteiger partial charge < -0.3 is 10.4 Å². The molecule has 0 aliphatic carbocycles. The second-order valence-electron chi connectivity index (χ2n) is 3.70. The van der Waals surface area contributed by atoms with Crippen molar-refractivity contribution in [1.29, 1.82) is 0 Å². The zero-order valence-corrected chi connectivity index (χ0v) is 10.1. The first-order valence-corrected chi connectivity index (χ1v) is 5.78. The van der Waals surface area contributed by atoms with E-state index in [1.165, 1.54) is 6.07 Å². The summed E-state index contributed by atoms with van der Waals surface area (Å²) in [4.78, 5) is 22.5. The number of benzene rings is 2. The number of fused-ring (bicyclic) bond motifs is 1. The Morgan fingerprint density at radius 2 is 1.83 bits per heavy atom. The number of carboxylic acid groups (broad SMARTS) is 1. The van der Waals surface area contributed by atoms with Crippen LogP contribution in [-0.4, -0.2) is 22.9 Å². The van der Waals surface area contributed by atoms with Crippen molar-refractivity contribution in [2.24, 2.45) is 0 Å². The zero-order chi connectivity index (χ0) is 13.1. The van der Waals surface area contributed by atoms with Crippen LogP contribution < -0.4 is 5.32 Å². The zero-order valence-electron chi connectivity index (χ0n) is 9.31. The first kappa shape index (κ1) is 12.4. The van der Waals surface area contributed by atoms with Crippen LogP contribution in [0.3, 0.4) is 0 Å². The fourth-order valence-electron chi connectivity index (χ4n) is 1.81. The van der Waals surface area contributed by atoms with Gasteiger partial charge in [-0.05, 0) is 17.5 Å². The molecule has 0 heterocycles. The molecular formula is C13H10ClNO3. The number of amides is 1. The van der Waals surface area contributed by atoms with Crippen LogP contribution in [0.25, 0.3) is 10.8 Å². The van der Waals surface area contributed by atoms with Gasteiger partial charge in [-0.15, -0.1) is 11.6 Å². The van der Waals surface area contributed by atoms with Crippen molar-refractivity contribution in [2.45, 2.75) is 0 Å². The Hall–Kier alpha value is -2.07. The molecule has 0 aliphatic heterocycles. The minimum Gasteiger partial charge on any atom is -0.478 e. The monoisotopic (exact) mass is 263 g/mol. The predicted octanol–water partition coefficient (Wildman–Crippen LogP) is 2.72. The van der Waals surface area contributed by atoms with Gasteiger partial charge in [0.1, 0.15) is 5.88 Å². The van der Waals surface area contributed by atoms with E-state index in [0.29, 0.717) is 11.1 Å². The van der Waals surface area contributed by atoms with E-state index >= 15 is 0 Å². The lowest BCUT2D eigenvalue weighted by Crippen LogP contribution is -2.13. The molecule has 5 heteroatoms. The number of rotatable bonds is 3. The molecule has 2 rings (SSSR count). The Morgan fingerprint density at radius 3 is 2.44 bits per heavy atom. The van der Waals surface area contributed by atoms with Gasteiger partial charge in [-0.2, -0.15) is 0 Å². The molecule has 2 aromatic carbocycles. The summed E-state index contributed by atoms with van der Waals surface area (Å²) in [6.07, 6.45) is 0. The summed E-state index contributed by atoms with van der Waals surface area (Å²) in [7, 11) is 0. The topological polar surface area (TPSA) is 66.4 Å². The molecule has 2 N–H and O–H groups in total. The van der Waals surface area contributed by atoms with E-state index in [2.05, 4.69) is 5.32 Å². The van der Waals surface area contributed by atoms with Crippen molar-refractivity contribution in [1.82, 2.24) is 0 Å². The Labute approximate surface area is 108 Å². The number of carbonyl (C=O) groups is 2. The highest BCUT2D eigenvalue weighted by Gasteiger charge is 2.12. The summed E-state index contributed by atoms with van der Waals surface area (Å²) >= 11 is 5.43. The third kappa shape index (κ3) is 2.28. The lowest BCUT2D eigenvalue weighted by molar-refractivity contribution is -0.113. The van der Waals surface area contributed by atoms with Crippen LogP contribution in [-0.2, 0) is 4.79 Å². The van der Waals surface area contributed by atoms with Gasteiger partial charge in [0.25, 0.3) is 0 Å². The molecule has 0 aliphatic rings. The van der Waals surface area contributed by atoms with Gasteiger partial charge >= 0.3 is 5.97 Å². The molecule has 0 saturated carbocycles. The van der Waals surface area contributed by atoms with E-state index in [1.54, 1.807) is 30.3 Å². The SMILES string of the molecule is O=C(CCl)Nc1cccc2cccc(C(=O)O)c12. The third-order valence-corrected chi connectivity index (χ3v) is 2.77. The molecular weight excluding hydrogens is 254 g/mol. The standard InChI is InChI=1S/C13H10ClNO3/c14-7-11(16)15-10-6-2-4-8-3-1-5-9(12(8)10)13(17)18/h1-6H,7H2,(H,15,16)(H,17,18). The largest absolute Gasteiger partial charge is 0.478 e. The van der Waals surface area contributed by atoms with Crippen LogP contribution in [0, 0.1) is 0 Å². The third-order valence-electron chi connectivity index (χ3n) is 2.53. The highest BCUT2D eigenvalue weighted by atomic mass is 35.5. The van der Waals surface area contributed by atoms with E-state index in [0.717, 1.165) is 5.39 Å². The number of hydrogen-bond acceptors (Lipinski definition) is 2. The Balaban J connectivity index is 2.66. The smallest absolute Gasteiger partial charge is 0.336 e. The van der Waals surface area contributed by atoms with Gasteiger partial charge in [0.2, 0.25) is 5.91 Å². The number of carbonyl (C=O) groups excluding carboxylic acids is 1. The molecule has 0 spiro atoms. The summed E-state index contributed by atoms with van der Waals surface area (Å²) in [6, 6.07) is 10.1. The van der Waals surface area contributed by atoms with Gasteiger partial charge in [-0.1, -0.05) is 24.3 Å². The quantitative estimate of drug-likeness (QED) is 0.837. The number of aromatic carboxylic acids is 1. The molecule has 0 bridgehead atoms. The second kappa shape index (κ2) is 5.06. The number of alkyl halides is 1. The van der Waals surface area contributed by atoms with Gasteiger partial charge in [-0.3, -0.25) is 4.79 Å². The number of halogens is 1. The minimum atomic E-state index is -1.03. The van der Waals surface area contributed by atoms with Crippen LogP contribution in [0.15, 0.2) is 36.4 Å². The molecule has 0 radical (unpaired) electrons. The minimum absolute atomic E-state index is 0.151. The van der Waals surface area contributed by atoms with Crippen molar-refractivity contribution in [2.75, 3.05) is 11.2 Å². The van der Waals surface area contributed by atoms with E-state index in [4.69, 9.17) is 16.7 Å². The first-order chi connectivity index (χ1) is 8.63. The van der Waals surface area contributed by atoms with E-state index in [1.807, 2.05) is 0 Å². The molecule has 0 fully saturated rings. The average Bonchev–Trinajstić information content (AvgIpc) is 2.38. The molecule has 0 unspecified atom stereocenters. The molecule has 0 aromatic heterocycles.